The number of aliphatic imine (C=N–C) groups is 1. The Hall–Kier alpha value is -2.37. The van der Waals surface area contributed by atoms with E-state index in [1.807, 2.05) is 6.92 Å². The molecule has 3 N–H and O–H groups in total. The fraction of sp³-hybridized carbons (Fsp3) is 0.643. The zero-order chi connectivity index (χ0) is 31.2. The third kappa shape index (κ3) is 10.1. The fourth-order valence-corrected chi connectivity index (χ4v) is 5.51. The van der Waals surface area contributed by atoms with Gasteiger partial charge in [0, 0.05) is 30.7 Å². The lowest BCUT2D eigenvalue weighted by Gasteiger charge is -2.36. The van der Waals surface area contributed by atoms with E-state index in [0.29, 0.717) is 31.9 Å². The molecule has 0 radical (unpaired) electrons. The van der Waals surface area contributed by atoms with Crippen molar-refractivity contribution in [3.05, 3.63) is 39.8 Å². The van der Waals surface area contributed by atoms with Gasteiger partial charge in [0.15, 0.2) is 5.71 Å². The number of pyridine rings is 1. The van der Waals surface area contributed by atoms with Gasteiger partial charge >= 0.3 is 12.1 Å². The maximum Gasteiger partial charge on any atom is 0.433 e. The average molecular weight is 624 g/mol. The smallest absolute Gasteiger partial charge is 0.433 e. The second kappa shape index (κ2) is 14.2. The molecule has 1 aliphatic rings. The summed E-state index contributed by atoms with van der Waals surface area (Å²) in [6, 6.07) is -0.722. The average Bonchev–Trinajstić information content (AvgIpc) is 2.83. The Balaban J connectivity index is 2.36. The highest BCUT2D eigenvalue weighted by molar-refractivity contribution is 6.35. The summed E-state index contributed by atoms with van der Waals surface area (Å²) >= 11 is 12.3. The second-order valence-corrected chi connectivity index (χ2v) is 12.7. The highest BCUT2D eigenvalue weighted by Crippen LogP contribution is 2.41. The molecular weight excluding hydrogens is 584 g/mol. The summed E-state index contributed by atoms with van der Waals surface area (Å²) in [6.07, 6.45) is -1.54. The van der Waals surface area contributed by atoms with Gasteiger partial charge in [-0.15, -0.1) is 0 Å². The van der Waals surface area contributed by atoms with Crippen LogP contribution >= 0.6 is 23.2 Å². The van der Waals surface area contributed by atoms with E-state index in [0.717, 1.165) is 4.90 Å². The number of amides is 1. The number of hydrogen-bond acceptors (Lipinski definition) is 7. The molecule has 1 aromatic rings. The first-order chi connectivity index (χ1) is 18.9. The lowest BCUT2D eigenvalue weighted by atomic mass is 9.72. The lowest BCUT2D eigenvalue weighted by Crippen LogP contribution is -2.44. The minimum Gasteiger partial charge on any atom is -0.466 e. The number of carbonyl (C=O) groups excluding carboxylic acids is 2. The van der Waals surface area contributed by atoms with Crippen molar-refractivity contribution < 1.29 is 32.6 Å². The van der Waals surface area contributed by atoms with Crippen LogP contribution in [0.25, 0.3) is 0 Å². The molecule has 1 saturated carbocycles. The van der Waals surface area contributed by atoms with Crippen LogP contribution in [0.4, 0.5) is 13.2 Å². The quantitative estimate of drug-likeness (QED) is 0.186. The highest BCUT2D eigenvalue weighted by atomic mass is 35.5. The molecule has 1 aliphatic carbocycles. The standard InChI is InChI=1S/C28H39Cl2F3N4O4/c1-6-41-22(39)11-27(5)9-7-17(8-10-27)36-24(28(31,32)33)18(12-34)25(40)37(16-26(2,3)4)15-21(38)23-19(29)13-35-14-20(23)30/h12-14,17,21,38H,6-11,15-16,34H2,1-5H3. The Morgan fingerprint density at radius 3 is 2.27 bits per heavy atom. The van der Waals surface area contributed by atoms with Crippen LogP contribution in [0.3, 0.4) is 0 Å². The number of carbonyl (C=O) groups is 2. The Labute approximate surface area is 249 Å². The third-order valence-corrected chi connectivity index (χ3v) is 7.44. The van der Waals surface area contributed by atoms with Gasteiger partial charge in [-0.05, 0) is 43.4 Å². The van der Waals surface area contributed by atoms with Crippen molar-refractivity contribution in [1.82, 2.24) is 9.88 Å². The first-order valence-corrected chi connectivity index (χ1v) is 14.2. The van der Waals surface area contributed by atoms with Crippen molar-refractivity contribution in [2.75, 3.05) is 19.7 Å². The summed E-state index contributed by atoms with van der Waals surface area (Å²) < 4.78 is 48.1. The number of esters is 1. The molecule has 0 aliphatic heterocycles. The summed E-state index contributed by atoms with van der Waals surface area (Å²) in [4.78, 5) is 34.6. The predicted molar refractivity (Wildman–Crippen MR) is 153 cm³/mol. The molecule has 1 aromatic heterocycles. The number of ether oxygens (including phenoxy) is 1. The van der Waals surface area contributed by atoms with Gasteiger partial charge in [-0.1, -0.05) is 50.9 Å². The SMILES string of the molecule is CCOC(=O)CC1(C)CCC(N=C(C(=CN)C(=O)N(CC(O)c2c(Cl)cncc2Cl)CC(C)(C)C)C(F)(F)F)CC1. The van der Waals surface area contributed by atoms with E-state index in [1.165, 1.54) is 12.4 Å². The Kier molecular flexibility index (Phi) is 12.1. The molecule has 2 rings (SSSR count). The highest BCUT2D eigenvalue weighted by Gasteiger charge is 2.43. The van der Waals surface area contributed by atoms with Crippen molar-refractivity contribution in [1.29, 1.82) is 0 Å². The Bertz CT molecular complexity index is 1120. The molecular formula is C28H39Cl2F3N4O4. The van der Waals surface area contributed by atoms with E-state index in [1.54, 1.807) is 27.7 Å². The van der Waals surface area contributed by atoms with Gasteiger partial charge in [0.1, 0.15) is 0 Å². The van der Waals surface area contributed by atoms with Crippen LogP contribution < -0.4 is 5.73 Å². The number of nitrogens with zero attached hydrogens (tertiary/aromatic N) is 3. The summed E-state index contributed by atoms with van der Waals surface area (Å²) in [5.41, 5.74) is 2.59. The number of rotatable bonds is 10. The number of aliphatic hydroxyl groups is 1. The monoisotopic (exact) mass is 622 g/mol. The van der Waals surface area contributed by atoms with Crippen LogP contribution in [0.5, 0.6) is 0 Å². The van der Waals surface area contributed by atoms with E-state index in [9.17, 15) is 27.9 Å². The number of aliphatic hydroxyl groups excluding tert-OH is 1. The maximum atomic E-state index is 14.4. The van der Waals surface area contributed by atoms with Crippen LogP contribution in [-0.4, -0.2) is 64.5 Å². The summed E-state index contributed by atoms with van der Waals surface area (Å²) in [5, 5.41) is 11.0. The van der Waals surface area contributed by atoms with Gasteiger partial charge in [-0.2, -0.15) is 13.2 Å². The van der Waals surface area contributed by atoms with Crippen LogP contribution in [0.1, 0.15) is 78.4 Å². The molecule has 1 fully saturated rings. The van der Waals surface area contributed by atoms with Crippen molar-refractivity contribution in [2.24, 2.45) is 21.6 Å². The van der Waals surface area contributed by atoms with Gasteiger partial charge in [-0.25, -0.2) is 0 Å². The number of aromatic nitrogens is 1. The largest absolute Gasteiger partial charge is 0.466 e. The van der Waals surface area contributed by atoms with Crippen molar-refractivity contribution in [3.63, 3.8) is 0 Å². The molecule has 1 amide bonds. The summed E-state index contributed by atoms with van der Waals surface area (Å²) in [7, 11) is 0. The normalized spacial score (nSPS) is 21.4. The van der Waals surface area contributed by atoms with E-state index < -0.39 is 52.9 Å². The molecule has 230 valence electrons. The molecule has 0 spiro atoms. The number of halogens is 5. The van der Waals surface area contributed by atoms with Crippen molar-refractivity contribution in [3.8, 4) is 0 Å². The minimum absolute atomic E-state index is 0.0126. The molecule has 8 nitrogen and oxygen atoms in total. The molecule has 41 heavy (non-hydrogen) atoms. The second-order valence-electron chi connectivity index (χ2n) is 11.9. The fourth-order valence-electron chi connectivity index (χ4n) is 4.90. The van der Waals surface area contributed by atoms with E-state index in [2.05, 4.69) is 9.98 Å². The number of alkyl halides is 3. The third-order valence-electron chi connectivity index (χ3n) is 6.84. The predicted octanol–water partition coefficient (Wildman–Crippen LogP) is 6.04. The van der Waals surface area contributed by atoms with Gasteiger partial charge in [0.05, 0.1) is 47.3 Å². The zero-order valence-corrected chi connectivity index (χ0v) is 25.5. The number of nitrogens with two attached hydrogens (primary N) is 1. The first-order valence-electron chi connectivity index (χ1n) is 13.4. The van der Waals surface area contributed by atoms with Crippen LogP contribution in [0, 0.1) is 10.8 Å². The molecule has 1 heterocycles. The van der Waals surface area contributed by atoms with E-state index >= 15 is 0 Å². The minimum atomic E-state index is -4.98. The van der Waals surface area contributed by atoms with Crippen LogP contribution in [-0.2, 0) is 14.3 Å². The zero-order valence-electron chi connectivity index (χ0n) is 24.0. The van der Waals surface area contributed by atoms with Gasteiger partial charge in [0.2, 0.25) is 0 Å². The molecule has 0 aromatic carbocycles. The van der Waals surface area contributed by atoms with Crippen molar-refractivity contribution >= 4 is 40.8 Å². The van der Waals surface area contributed by atoms with Gasteiger partial charge < -0.3 is 20.5 Å². The lowest BCUT2D eigenvalue weighted by molar-refractivity contribution is -0.146. The topological polar surface area (TPSA) is 118 Å². The molecule has 0 saturated heterocycles. The maximum absolute atomic E-state index is 14.4. The Morgan fingerprint density at radius 1 is 1.24 bits per heavy atom. The molecule has 0 bridgehead atoms. The van der Waals surface area contributed by atoms with Gasteiger partial charge in [-0.3, -0.25) is 19.6 Å². The first kappa shape index (κ1) is 34.8. The molecule has 13 heteroatoms. The van der Waals surface area contributed by atoms with Gasteiger partial charge in [0.25, 0.3) is 5.91 Å². The summed E-state index contributed by atoms with van der Waals surface area (Å²) in [5.74, 6) is -1.39. The molecule has 1 atom stereocenters. The molecule has 1 unspecified atom stereocenters. The van der Waals surface area contributed by atoms with Crippen LogP contribution in [0.2, 0.25) is 10.0 Å². The number of hydrogen-bond donors (Lipinski definition) is 2. The summed E-state index contributed by atoms with van der Waals surface area (Å²) in [6.45, 7) is 8.84. The van der Waals surface area contributed by atoms with Crippen LogP contribution in [0.15, 0.2) is 29.2 Å². The van der Waals surface area contributed by atoms with E-state index in [-0.39, 0.29) is 41.2 Å². The van der Waals surface area contributed by atoms with E-state index in [4.69, 9.17) is 33.7 Å². The van der Waals surface area contributed by atoms with Crippen molar-refractivity contribution in [2.45, 2.75) is 85.0 Å². The Morgan fingerprint density at radius 2 is 1.80 bits per heavy atom.